The van der Waals surface area contributed by atoms with Crippen molar-refractivity contribution in [3.05, 3.63) is 51.3 Å². The Morgan fingerprint density at radius 3 is 2.95 bits per heavy atom. The van der Waals surface area contributed by atoms with E-state index in [2.05, 4.69) is 20.4 Å². The van der Waals surface area contributed by atoms with Crippen LogP contribution in [0, 0.1) is 0 Å². The highest BCUT2D eigenvalue weighted by atomic mass is 35.5. The van der Waals surface area contributed by atoms with Crippen molar-refractivity contribution in [3.8, 4) is 5.82 Å². The van der Waals surface area contributed by atoms with Gasteiger partial charge in [-0.3, -0.25) is 0 Å². The maximum Gasteiger partial charge on any atom is 0.178 e. The van der Waals surface area contributed by atoms with Crippen LogP contribution in [-0.2, 0) is 6.54 Å². The first-order valence-corrected chi connectivity index (χ1v) is 7.34. The minimum atomic E-state index is 0.565. The van der Waals surface area contributed by atoms with Gasteiger partial charge in [0.15, 0.2) is 5.82 Å². The van der Waals surface area contributed by atoms with Gasteiger partial charge >= 0.3 is 0 Å². The van der Waals surface area contributed by atoms with E-state index in [0.29, 0.717) is 21.7 Å². The molecule has 3 aromatic rings. The van der Waals surface area contributed by atoms with Crippen LogP contribution in [0.1, 0.15) is 5.56 Å². The number of pyridine rings is 1. The Hall–Kier alpha value is -1.63. The average molecular weight is 326 g/mol. The Bertz CT molecular complexity index is 710. The molecule has 0 saturated carbocycles. The topological polar surface area (TPSA) is 55.6 Å². The van der Waals surface area contributed by atoms with E-state index in [9.17, 15) is 0 Å². The third-order valence-electron chi connectivity index (χ3n) is 2.65. The van der Waals surface area contributed by atoms with E-state index < -0.39 is 0 Å². The zero-order valence-corrected chi connectivity index (χ0v) is 12.5. The van der Waals surface area contributed by atoms with Gasteiger partial charge in [-0.05, 0) is 17.5 Å². The van der Waals surface area contributed by atoms with Crippen molar-refractivity contribution in [2.75, 3.05) is 5.32 Å². The number of rotatable bonds is 4. The van der Waals surface area contributed by atoms with Crippen molar-refractivity contribution >= 4 is 40.2 Å². The van der Waals surface area contributed by atoms with Gasteiger partial charge in [-0.25, -0.2) is 14.6 Å². The number of anilines is 1. The fourth-order valence-corrected chi connectivity index (χ4v) is 2.95. The molecule has 1 N–H and O–H groups in total. The van der Waals surface area contributed by atoms with Gasteiger partial charge < -0.3 is 5.32 Å². The normalized spacial score (nSPS) is 10.7. The second-order valence-corrected chi connectivity index (χ2v) is 5.78. The molecule has 0 fully saturated rings. The quantitative estimate of drug-likeness (QED) is 0.795. The van der Waals surface area contributed by atoms with Crippen molar-refractivity contribution in [1.29, 1.82) is 0 Å². The number of hydrogen-bond acceptors (Lipinski definition) is 5. The number of thiophene rings is 1. The first-order valence-electron chi connectivity index (χ1n) is 5.71. The molecule has 0 bridgehead atoms. The average Bonchev–Trinajstić information content (AvgIpc) is 3.10. The molecule has 102 valence electrons. The molecule has 20 heavy (non-hydrogen) atoms. The standard InChI is InChI=1S/C12H9Cl2N5S/c13-10-8(5-20-11(10)14)4-17-9-2-1-3-16-12(9)19-7-15-6-18-19/h1-3,5-7,17H,4H2. The van der Waals surface area contributed by atoms with Crippen molar-refractivity contribution < 1.29 is 0 Å². The maximum atomic E-state index is 6.11. The summed E-state index contributed by atoms with van der Waals surface area (Å²) < 4.78 is 2.20. The van der Waals surface area contributed by atoms with Crippen molar-refractivity contribution in [3.63, 3.8) is 0 Å². The molecular formula is C12H9Cl2N5S. The maximum absolute atomic E-state index is 6.11. The molecule has 0 aromatic carbocycles. The summed E-state index contributed by atoms with van der Waals surface area (Å²) in [6.07, 6.45) is 4.77. The number of nitrogens with zero attached hydrogens (tertiary/aromatic N) is 4. The van der Waals surface area contributed by atoms with Crippen LogP contribution in [0.15, 0.2) is 36.4 Å². The first kappa shape index (κ1) is 13.4. The van der Waals surface area contributed by atoms with Crippen LogP contribution in [0.2, 0.25) is 9.36 Å². The first-order chi connectivity index (χ1) is 9.75. The minimum Gasteiger partial charge on any atom is -0.378 e. The van der Waals surface area contributed by atoms with Gasteiger partial charge in [-0.2, -0.15) is 5.10 Å². The Morgan fingerprint density at radius 1 is 1.35 bits per heavy atom. The molecule has 0 atom stereocenters. The molecule has 5 nitrogen and oxygen atoms in total. The predicted octanol–water partition coefficient (Wildman–Crippen LogP) is 3.64. The second kappa shape index (κ2) is 5.78. The molecule has 0 aliphatic rings. The van der Waals surface area contributed by atoms with E-state index >= 15 is 0 Å². The van der Waals surface area contributed by atoms with Crippen molar-refractivity contribution in [2.24, 2.45) is 0 Å². The molecule has 3 heterocycles. The molecule has 0 saturated heterocycles. The minimum absolute atomic E-state index is 0.565. The van der Waals surface area contributed by atoms with Gasteiger partial charge in [0.2, 0.25) is 0 Å². The van der Waals surface area contributed by atoms with E-state index in [1.54, 1.807) is 17.2 Å². The molecule has 0 unspecified atom stereocenters. The van der Waals surface area contributed by atoms with Crippen molar-refractivity contribution in [2.45, 2.75) is 6.54 Å². The SMILES string of the molecule is Clc1scc(CNc2cccnc2-n2cncn2)c1Cl. The predicted molar refractivity (Wildman–Crippen MR) is 80.8 cm³/mol. The monoisotopic (exact) mass is 325 g/mol. The molecule has 0 aliphatic heterocycles. The smallest absolute Gasteiger partial charge is 0.178 e. The summed E-state index contributed by atoms with van der Waals surface area (Å²) in [6, 6.07) is 3.77. The van der Waals surface area contributed by atoms with Gasteiger partial charge in [-0.15, -0.1) is 11.3 Å². The molecule has 0 amide bonds. The second-order valence-electron chi connectivity index (χ2n) is 3.92. The number of halogens is 2. The van der Waals surface area contributed by atoms with E-state index in [1.165, 1.54) is 17.7 Å². The zero-order chi connectivity index (χ0) is 13.9. The summed E-state index contributed by atoms with van der Waals surface area (Å²) in [7, 11) is 0. The van der Waals surface area contributed by atoms with E-state index in [-0.39, 0.29) is 0 Å². The lowest BCUT2D eigenvalue weighted by molar-refractivity contribution is 0.844. The van der Waals surface area contributed by atoms with Gasteiger partial charge in [0.25, 0.3) is 0 Å². The van der Waals surface area contributed by atoms with Gasteiger partial charge in [0.05, 0.1) is 10.7 Å². The van der Waals surface area contributed by atoms with Crippen LogP contribution in [-0.4, -0.2) is 19.7 Å². The van der Waals surface area contributed by atoms with Crippen molar-refractivity contribution in [1.82, 2.24) is 19.7 Å². The van der Waals surface area contributed by atoms with Gasteiger partial charge in [-0.1, -0.05) is 23.2 Å². The van der Waals surface area contributed by atoms with Gasteiger partial charge in [0, 0.05) is 18.3 Å². The Labute approximate surface area is 129 Å². The molecule has 0 radical (unpaired) electrons. The number of hydrogen-bond donors (Lipinski definition) is 1. The lowest BCUT2D eigenvalue weighted by atomic mass is 10.3. The number of aromatic nitrogens is 4. The summed E-state index contributed by atoms with van der Waals surface area (Å²) in [5.74, 6) is 0.683. The van der Waals surface area contributed by atoms with E-state index in [4.69, 9.17) is 23.2 Å². The fourth-order valence-electron chi connectivity index (χ4n) is 1.70. The summed E-state index contributed by atoms with van der Waals surface area (Å²) in [4.78, 5) is 8.23. The molecule has 3 rings (SSSR count). The third kappa shape index (κ3) is 2.63. The Balaban J connectivity index is 1.83. The van der Waals surface area contributed by atoms with Gasteiger partial charge in [0.1, 0.15) is 17.0 Å². The lowest BCUT2D eigenvalue weighted by Gasteiger charge is -2.10. The molecular weight excluding hydrogens is 317 g/mol. The molecule has 3 aromatic heterocycles. The largest absolute Gasteiger partial charge is 0.378 e. The summed E-state index contributed by atoms with van der Waals surface area (Å²) >= 11 is 13.5. The number of nitrogens with one attached hydrogen (secondary N) is 1. The van der Waals surface area contributed by atoms with Crippen LogP contribution in [0.3, 0.4) is 0 Å². The fraction of sp³-hybridized carbons (Fsp3) is 0.0833. The van der Waals surface area contributed by atoms with E-state index in [1.807, 2.05) is 17.5 Å². The molecule has 8 heteroatoms. The van der Waals surface area contributed by atoms with Crippen LogP contribution in [0.4, 0.5) is 5.69 Å². The zero-order valence-electron chi connectivity index (χ0n) is 10.1. The highest BCUT2D eigenvalue weighted by Crippen LogP contribution is 2.32. The van der Waals surface area contributed by atoms with Crippen LogP contribution in [0.25, 0.3) is 5.82 Å². The highest BCUT2D eigenvalue weighted by molar-refractivity contribution is 7.15. The Kier molecular flexibility index (Phi) is 3.86. The third-order valence-corrected chi connectivity index (χ3v) is 4.56. The van der Waals surface area contributed by atoms with E-state index in [0.717, 1.165) is 11.3 Å². The summed E-state index contributed by atoms with van der Waals surface area (Å²) in [5.41, 5.74) is 1.80. The lowest BCUT2D eigenvalue weighted by Crippen LogP contribution is -2.06. The highest BCUT2D eigenvalue weighted by Gasteiger charge is 2.10. The Morgan fingerprint density at radius 2 is 2.25 bits per heavy atom. The molecule has 0 aliphatic carbocycles. The van der Waals surface area contributed by atoms with Crippen LogP contribution >= 0.6 is 34.5 Å². The molecule has 0 spiro atoms. The van der Waals surface area contributed by atoms with Crippen LogP contribution in [0.5, 0.6) is 0 Å². The summed E-state index contributed by atoms with van der Waals surface area (Å²) in [5, 5.41) is 9.89. The summed E-state index contributed by atoms with van der Waals surface area (Å²) in [6.45, 7) is 0.565. The van der Waals surface area contributed by atoms with Crippen LogP contribution < -0.4 is 5.32 Å².